The summed E-state index contributed by atoms with van der Waals surface area (Å²) in [6.07, 6.45) is -3.35. The van der Waals surface area contributed by atoms with Gasteiger partial charge in [-0.3, -0.25) is 5.43 Å². The van der Waals surface area contributed by atoms with Crippen molar-refractivity contribution in [1.82, 2.24) is 4.98 Å². The monoisotopic (exact) mass is 357 g/mol. The molecule has 124 valence electrons. The Kier molecular flexibility index (Phi) is 6.46. The van der Waals surface area contributed by atoms with Gasteiger partial charge in [-0.2, -0.15) is 5.10 Å². The molecular weight excluding hydrogens is 342 g/mol. The molecule has 1 aromatic carbocycles. The van der Waals surface area contributed by atoms with Crippen molar-refractivity contribution in [2.75, 3.05) is 12.0 Å². The Morgan fingerprint density at radius 2 is 1.96 bits per heavy atom. The fraction of sp³-hybridized carbons (Fsp3) is 0.286. The van der Waals surface area contributed by atoms with Crippen LogP contribution in [0.3, 0.4) is 0 Å². The first-order chi connectivity index (χ1) is 11.0. The number of hydrogen-bond donors (Lipinski definition) is 5. The van der Waals surface area contributed by atoms with Crippen LogP contribution >= 0.6 is 22.9 Å². The van der Waals surface area contributed by atoms with Gasteiger partial charge >= 0.3 is 0 Å². The van der Waals surface area contributed by atoms with Gasteiger partial charge < -0.3 is 20.4 Å². The van der Waals surface area contributed by atoms with E-state index in [0.29, 0.717) is 10.2 Å². The second-order valence-corrected chi connectivity index (χ2v) is 5.96. The van der Waals surface area contributed by atoms with E-state index in [9.17, 15) is 15.3 Å². The second kappa shape index (κ2) is 8.34. The molecule has 3 atom stereocenters. The van der Waals surface area contributed by atoms with Crippen LogP contribution in [0.5, 0.6) is 0 Å². The summed E-state index contributed by atoms with van der Waals surface area (Å²) in [6, 6.07) is 7.24. The summed E-state index contributed by atoms with van der Waals surface area (Å²) in [5.74, 6) is 0. The molecule has 3 unspecified atom stereocenters. The van der Waals surface area contributed by atoms with E-state index >= 15 is 0 Å². The molecule has 0 aliphatic heterocycles. The Morgan fingerprint density at radius 1 is 1.26 bits per heavy atom. The fourth-order valence-corrected chi connectivity index (χ4v) is 2.47. The molecule has 23 heavy (non-hydrogen) atoms. The smallest absolute Gasteiger partial charge is 0.203 e. The Bertz CT molecular complexity index is 650. The lowest BCUT2D eigenvalue weighted by molar-refractivity contribution is -0.0541. The predicted molar refractivity (Wildman–Crippen MR) is 89.8 cm³/mol. The molecule has 1 aromatic heterocycles. The van der Waals surface area contributed by atoms with Gasteiger partial charge in [-0.25, -0.2) is 4.98 Å². The van der Waals surface area contributed by atoms with E-state index in [1.165, 1.54) is 11.3 Å². The number of thiazole rings is 1. The molecule has 0 aliphatic rings. The average Bonchev–Trinajstić information content (AvgIpc) is 3.02. The third-order valence-corrected chi connectivity index (χ3v) is 3.96. The van der Waals surface area contributed by atoms with Gasteiger partial charge in [0.25, 0.3) is 0 Å². The van der Waals surface area contributed by atoms with Gasteiger partial charge in [-0.1, -0.05) is 23.7 Å². The lowest BCUT2D eigenvalue weighted by Gasteiger charge is -2.17. The molecule has 0 saturated heterocycles. The molecule has 9 heteroatoms. The van der Waals surface area contributed by atoms with Crippen molar-refractivity contribution < 1.29 is 20.4 Å². The van der Waals surface area contributed by atoms with Crippen molar-refractivity contribution in [2.24, 2.45) is 5.10 Å². The molecule has 0 aliphatic carbocycles. The molecular formula is C14H16ClN3O4S. The SMILES string of the molecule is OCC(O)C(O)C(O)/C=N/Nc1nc(-c2ccc(Cl)cc2)cs1. The molecule has 5 N–H and O–H groups in total. The highest BCUT2D eigenvalue weighted by Crippen LogP contribution is 2.25. The maximum Gasteiger partial charge on any atom is 0.203 e. The number of halogens is 1. The third-order valence-electron chi connectivity index (χ3n) is 2.96. The molecule has 1 heterocycles. The van der Waals surface area contributed by atoms with E-state index in [4.69, 9.17) is 16.7 Å². The minimum Gasteiger partial charge on any atom is -0.394 e. The molecule has 2 aromatic rings. The Hall–Kier alpha value is -1.55. The van der Waals surface area contributed by atoms with Crippen LogP contribution < -0.4 is 5.43 Å². The van der Waals surface area contributed by atoms with E-state index < -0.39 is 24.9 Å². The number of hydrazone groups is 1. The highest BCUT2D eigenvalue weighted by Gasteiger charge is 2.22. The minimum absolute atomic E-state index is 0.496. The van der Waals surface area contributed by atoms with E-state index in [1.54, 1.807) is 12.1 Å². The van der Waals surface area contributed by atoms with Gasteiger partial charge in [0.1, 0.15) is 18.3 Å². The number of benzene rings is 1. The quantitative estimate of drug-likeness (QED) is 0.372. The number of nitrogens with zero attached hydrogens (tertiary/aromatic N) is 2. The fourth-order valence-electron chi connectivity index (χ4n) is 1.67. The third kappa shape index (κ3) is 4.96. The topological polar surface area (TPSA) is 118 Å². The summed E-state index contributed by atoms with van der Waals surface area (Å²) in [5.41, 5.74) is 4.28. The van der Waals surface area contributed by atoms with Crippen molar-refractivity contribution in [1.29, 1.82) is 0 Å². The van der Waals surface area contributed by atoms with Crippen LogP contribution in [0.4, 0.5) is 5.13 Å². The maximum atomic E-state index is 9.57. The van der Waals surface area contributed by atoms with Crippen molar-refractivity contribution in [3.8, 4) is 11.3 Å². The normalized spacial score (nSPS) is 15.5. The van der Waals surface area contributed by atoms with Crippen molar-refractivity contribution in [3.05, 3.63) is 34.7 Å². The van der Waals surface area contributed by atoms with Crippen molar-refractivity contribution in [2.45, 2.75) is 18.3 Å². The van der Waals surface area contributed by atoms with Gasteiger partial charge in [-0.05, 0) is 12.1 Å². The van der Waals surface area contributed by atoms with E-state index in [2.05, 4.69) is 15.5 Å². The summed E-state index contributed by atoms with van der Waals surface area (Å²) >= 11 is 7.15. The van der Waals surface area contributed by atoms with Crippen LogP contribution in [-0.2, 0) is 0 Å². The summed E-state index contributed by atoms with van der Waals surface area (Å²) < 4.78 is 0. The highest BCUT2D eigenvalue weighted by molar-refractivity contribution is 7.14. The average molecular weight is 358 g/mol. The summed E-state index contributed by atoms with van der Waals surface area (Å²) in [7, 11) is 0. The lowest BCUT2D eigenvalue weighted by atomic mass is 10.1. The molecule has 0 saturated carbocycles. The van der Waals surface area contributed by atoms with Gasteiger partial charge in [0.15, 0.2) is 0 Å². The Morgan fingerprint density at radius 3 is 2.61 bits per heavy atom. The number of anilines is 1. The number of aliphatic hydroxyl groups excluding tert-OH is 4. The van der Waals surface area contributed by atoms with Gasteiger partial charge in [0.05, 0.1) is 18.5 Å². The molecule has 0 bridgehead atoms. The zero-order chi connectivity index (χ0) is 16.8. The first-order valence-electron chi connectivity index (χ1n) is 6.67. The first kappa shape index (κ1) is 17.8. The molecule has 7 nitrogen and oxygen atoms in total. The van der Waals surface area contributed by atoms with Crippen LogP contribution in [0.1, 0.15) is 0 Å². The van der Waals surface area contributed by atoms with Crippen LogP contribution in [-0.4, -0.2) is 56.5 Å². The zero-order valence-electron chi connectivity index (χ0n) is 11.9. The van der Waals surface area contributed by atoms with Gasteiger partial charge in [0.2, 0.25) is 5.13 Å². The number of aliphatic hydroxyl groups is 4. The molecule has 0 fully saturated rings. The molecule has 2 rings (SSSR count). The van der Waals surface area contributed by atoms with Crippen molar-refractivity contribution in [3.63, 3.8) is 0 Å². The summed E-state index contributed by atoms with van der Waals surface area (Å²) in [5, 5.41) is 43.6. The highest BCUT2D eigenvalue weighted by atomic mass is 35.5. The van der Waals surface area contributed by atoms with Crippen LogP contribution in [0.15, 0.2) is 34.7 Å². The van der Waals surface area contributed by atoms with E-state index in [1.807, 2.05) is 17.5 Å². The maximum absolute atomic E-state index is 9.57. The minimum atomic E-state index is -1.52. The molecule has 0 amide bonds. The van der Waals surface area contributed by atoms with E-state index in [0.717, 1.165) is 17.5 Å². The summed E-state index contributed by atoms with van der Waals surface area (Å²) in [6.45, 7) is -0.656. The number of nitrogens with one attached hydrogen (secondary N) is 1. The number of hydrogen-bond acceptors (Lipinski definition) is 8. The zero-order valence-corrected chi connectivity index (χ0v) is 13.4. The second-order valence-electron chi connectivity index (χ2n) is 4.67. The van der Waals surface area contributed by atoms with Crippen LogP contribution in [0, 0.1) is 0 Å². The molecule has 0 spiro atoms. The number of rotatable bonds is 7. The van der Waals surface area contributed by atoms with Gasteiger partial charge in [-0.15, -0.1) is 11.3 Å². The van der Waals surface area contributed by atoms with Crippen LogP contribution in [0.2, 0.25) is 5.02 Å². The first-order valence-corrected chi connectivity index (χ1v) is 7.92. The Labute approximate surface area is 141 Å². The van der Waals surface area contributed by atoms with Crippen LogP contribution in [0.25, 0.3) is 11.3 Å². The van der Waals surface area contributed by atoms with Gasteiger partial charge in [0, 0.05) is 16.0 Å². The predicted octanol–water partition coefficient (Wildman–Crippen LogP) is 0.936. The van der Waals surface area contributed by atoms with Crippen molar-refractivity contribution >= 4 is 34.3 Å². The van der Waals surface area contributed by atoms with E-state index in [-0.39, 0.29) is 0 Å². The lowest BCUT2D eigenvalue weighted by Crippen LogP contribution is -2.40. The number of aromatic nitrogens is 1. The molecule has 0 radical (unpaired) electrons. The standard InChI is InChI=1S/C14H16ClN3O4S/c15-9-3-1-8(2-4-9)10-7-23-14(17-10)18-16-5-11(20)13(22)12(21)6-19/h1-5,7,11-13,19-22H,6H2,(H,17,18)/b16-5+. The summed E-state index contributed by atoms with van der Waals surface area (Å²) in [4.78, 5) is 4.32. The largest absolute Gasteiger partial charge is 0.394 e. The Balaban J connectivity index is 1.94.